The quantitative estimate of drug-likeness (QED) is 0.907. The van der Waals surface area contributed by atoms with E-state index in [4.69, 9.17) is 0 Å². The van der Waals surface area contributed by atoms with Gasteiger partial charge in [0.15, 0.2) is 0 Å². The van der Waals surface area contributed by atoms with Gasteiger partial charge in [0.1, 0.15) is 5.82 Å². The number of nitrogens with zero attached hydrogens (tertiary/aromatic N) is 1. The molecule has 0 saturated carbocycles. The summed E-state index contributed by atoms with van der Waals surface area (Å²) in [7, 11) is 0. The van der Waals surface area contributed by atoms with Crippen LogP contribution in [-0.2, 0) is 0 Å². The third-order valence-corrected chi connectivity index (χ3v) is 4.05. The van der Waals surface area contributed by atoms with Crippen molar-refractivity contribution in [3.8, 4) is 0 Å². The van der Waals surface area contributed by atoms with E-state index in [9.17, 15) is 4.79 Å². The fourth-order valence-electron chi connectivity index (χ4n) is 1.89. The minimum absolute atomic E-state index is 0.0983. The second-order valence-electron chi connectivity index (χ2n) is 4.35. The maximum absolute atomic E-state index is 12.3. The van der Waals surface area contributed by atoms with Gasteiger partial charge < -0.3 is 10.3 Å². The van der Waals surface area contributed by atoms with Crippen molar-refractivity contribution in [2.75, 3.05) is 0 Å². The van der Waals surface area contributed by atoms with Crippen molar-refractivity contribution >= 4 is 21.8 Å². The molecule has 1 atom stereocenters. The SMILES string of the molecule is CCC(NC(=O)c1cccc(C)c1Br)c1ncc[nH]1. The van der Waals surface area contributed by atoms with Gasteiger partial charge in [0.2, 0.25) is 0 Å². The van der Waals surface area contributed by atoms with Gasteiger partial charge in [-0.05, 0) is 40.9 Å². The van der Waals surface area contributed by atoms with Crippen LogP contribution in [0.15, 0.2) is 35.1 Å². The third-order valence-electron chi connectivity index (χ3n) is 3.00. The standard InChI is InChI=1S/C14H16BrN3O/c1-3-11(13-16-7-8-17-13)18-14(19)10-6-4-5-9(2)12(10)15/h4-8,11H,3H2,1-2H3,(H,16,17)(H,18,19). The Labute approximate surface area is 120 Å². The molecule has 0 aliphatic heterocycles. The molecule has 1 amide bonds. The number of imidazole rings is 1. The van der Waals surface area contributed by atoms with Crippen LogP contribution >= 0.6 is 15.9 Å². The molecule has 2 rings (SSSR count). The minimum atomic E-state index is -0.102. The Bertz CT molecular complexity index is 566. The van der Waals surface area contributed by atoms with Crippen LogP contribution in [0.4, 0.5) is 0 Å². The lowest BCUT2D eigenvalue weighted by atomic mass is 10.1. The van der Waals surface area contributed by atoms with Crippen molar-refractivity contribution in [3.63, 3.8) is 0 Å². The predicted molar refractivity (Wildman–Crippen MR) is 78.0 cm³/mol. The number of halogens is 1. The number of aromatic nitrogens is 2. The van der Waals surface area contributed by atoms with Crippen LogP contribution in [0.25, 0.3) is 0 Å². The van der Waals surface area contributed by atoms with Crippen molar-refractivity contribution in [1.29, 1.82) is 0 Å². The normalized spacial score (nSPS) is 12.2. The topological polar surface area (TPSA) is 57.8 Å². The second-order valence-corrected chi connectivity index (χ2v) is 5.14. The molecule has 19 heavy (non-hydrogen) atoms. The average molecular weight is 322 g/mol. The third kappa shape index (κ3) is 3.04. The summed E-state index contributed by atoms with van der Waals surface area (Å²) in [6, 6.07) is 5.55. The molecule has 100 valence electrons. The Morgan fingerprint density at radius 2 is 2.32 bits per heavy atom. The van der Waals surface area contributed by atoms with E-state index in [-0.39, 0.29) is 11.9 Å². The molecule has 0 aliphatic carbocycles. The Morgan fingerprint density at radius 1 is 1.53 bits per heavy atom. The van der Waals surface area contributed by atoms with Gasteiger partial charge in [0.05, 0.1) is 11.6 Å². The van der Waals surface area contributed by atoms with Gasteiger partial charge in [-0.1, -0.05) is 19.1 Å². The molecule has 0 spiro atoms. The predicted octanol–water partition coefficient (Wildman–Crippen LogP) is 3.36. The molecule has 2 N–H and O–H groups in total. The minimum Gasteiger partial charge on any atom is -0.347 e. The zero-order chi connectivity index (χ0) is 13.8. The molecule has 0 radical (unpaired) electrons. The van der Waals surface area contributed by atoms with Crippen LogP contribution < -0.4 is 5.32 Å². The molecule has 1 aromatic carbocycles. The summed E-state index contributed by atoms with van der Waals surface area (Å²) < 4.78 is 0.835. The van der Waals surface area contributed by atoms with Gasteiger partial charge in [-0.15, -0.1) is 0 Å². The van der Waals surface area contributed by atoms with Crippen molar-refractivity contribution in [2.24, 2.45) is 0 Å². The van der Waals surface area contributed by atoms with Crippen LogP contribution in [0, 0.1) is 6.92 Å². The molecular formula is C14H16BrN3O. The molecule has 1 heterocycles. The molecule has 0 bridgehead atoms. The Hall–Kier alpha value is -1.62. The number of carbonyl (C=O) groups is 1. The average Bonchev–Trinajstić information content (AvgIpc) is 2.92. The van der Waals surface area contributed by atoms with Gasteiger partial charge >= 0.3 is 0 Å². The van der Waals surface area contributed by atoms with Crippen LogP contribution in [0.3, 0.4) is 0 Å². The van der Waals surface area contributed by atoms with E-state index in [0.29, 0.717) is 5.56 Å². The summed E-state index contributed by atoms with van der Waals surface area (Å²) >= 11 is 3.46. The first-order valence-corrected chi connectivity index (χ1v) is 6.98. The maximum atomic E-state index is 12.3. The second kappa shape index (κ2) is 6.02. The van der Waals surface area contributed by atoms with Gasteiger partial charge in [-0.25, -0.2) is 4.98 Å². The smallest absolute Gasteiger partial charge is 0.253 e. The monoisotopic (exact) mass is 321 g/mol. The Kier molecular flexibility index (Phi) is 4.37. The summed E-state index contributed by atoms with van der Waals surface area (Å²) in [4.78, 5) is 19.5. The first kappa shape index (κ1) is 13.8. The number of aromatic amines is 1. The summed E-state index contributed by atoms with van der Waals surface area (Å²) in [5.74, 6) is 0.679. The van der Waals surface area contributed by atoms with Gasteiger partial charge in [0.25, 0.3) is 5.91 Å². The van der Waals surface area contributed by atoms with Crippen LogP contribution in [0.5, 0.6) is 0 Å². The molecule has 0 aliphatic rings. The van der Waals surface area contributed by atoms with E-state index in [2.05, 4.69) is 31.2 Å². The first-order valence-electron chi connectivity index (χ1n) is 6.18. The lowest BCUT2D eigenvalue weighted by molar-refractivity contribution is 0.0933. The number of hydrogen-bond acceptors (Lipinski definition) is 2. The number of hydrogen-bond donors (Lipinski definition) is 2. The highest BCUT2D eigenvalue weighted by Crippen LogP contribution is 2.22. The lowest BCUT2D eigenvalue weighted by Gasteiger charge is -2.15. The molecule has 5 heteroatoms. The van der Waals surface area contributed by atoms with E-state index in [1.165, 1.54) is 0 Å². The summed E-state index contributed by atoms with van der Waals surface area (Å²) in [6.45, 7) is 3.98. The molecule has 2 aromatic rings. The van der Waals surface area contributed by atoms with Gasteiger partial charge in [-0.3, -0.25) is 4.79 Å². The molecular weight excluding hydrogens is 306 g/mol. The summed E-state index contributed by atoms with van der Waals surface area (Å²) in [6.07, 6.45) is 4.22. The van der Waals surface area contributed by atoms with E-state index < -0.39 is 0 Å². The highest BCUT2D eigenvalue weighted by Gasteiger charge is 2.17. The summed E-state index contributed by atoms with van der Waals surface area (Å²) in [5.41, 5.74) is 1.68. The van der Waals surface area contributed by atoms with Crippen molar-refractivity contribution in [3.05, 3.63) is 52.0 Å². The number of H-pyrrole nitrogens is 1. The molecule has 4 nitrogen and oxygen atoms in total. The highest BCUT2D eigenvalue weighted by atomic mass is 79.9. The molecule has 1 aromatic heterocycles. The molecule has 0 fully saturated rings. The summed E-state index contributed by atoms with van der Waals surface area (Å²) in [5, 5.41) is 2.99. The van der Waals surface area contributed by atoms with Gasteiger partial charge in [0, 0.05) is 16.9 Å². The van der Waals surface area contributed by atoms with Crippen molar-refractivity contribution in [2.45, 2.75) is 26.3 Å². The number of nitrogens with one attached hydrogen (secondary N) is 2. The maximum Gasteiger partial charge on any atom is 0.253 e. The molecule has 1 unspecified atom stereocenters. The van der Waals surface area contributed by atoms with Crippen LogP contribution in [-0.4, -0.2) is 15.9 Å². The number of carbonyl (C=O) groups excluding carboxylic acids is 1. The number of rotatable bonds is 4. The fourth-order valence-corrected chi connectivity index (χ4v) is 2.33. The molecule has 0 saturated heterocycles. The zero-order valence-electron chi connectivity index (χ0n) is 10.9. The van der Waals surface area contributed by atoms with Crippen molar-refractivity contribution < 1.29 is 4.79 Å². The van der Waals surface area contributed by atoms with Crippen molar-refractivity contribution in [1.82, 2.24) is 15.3 Å². The zero-order valence-corrected chi connectivity index (χ0v) is 12.5. The fraction of sp³-hybridized carbons (Fsp3) is 0.286. The van der Waals surface area contributed by atoms with E-state index in [0.717, 1.165) is 22.3 Å². The highest BCUT2D eigenvalue weighted by molar-refractivity contribution is 9.10. The largest absolute Gasteiger partial charge is 0.347 e. The van der Waals surface area contributed by atoms with E-state index in [1.54, 1.807) is 18.5 Å². The Morgan fingerprint density at radius 3 is 2.95 bits per heavy atom. The van der Waals surface area contributed by atoms with Crippen LogP contribution in [0.2, 0.25) is 0 Å². The number of amides is 1. The van der Waals surface area contributed by atoms with E-state index >= 15 is 0 Å². The van der Waals surface area contributed by atoms with E-state index in [1.807, 2.05) is 26.0 Å². The number of aryl methyl sites for hydroxylation is 1. The first-order chi connectivity index (χ1) is 9.13. The lowest BCUT2D eigenvalue weighted by Crippen LogP contribution is -2.29. The Balaban J connectivity index is 2.18. The number of benzene rings is 1. The van der Waals surface area contributed by atoms with Crippen LogP contribution in [0.1, 0.15) is 41.1 Å². The van der Waals surface area contributed by atoms with Gasteiger partial charge in [-0.2, -0.15) is 0 Å².